The van der Waals surface area contributed by atoms with E-state index in [9.17, 15) is 27.2 Å². The van der Waals surface area contributed by atoms with Crippen LogP contribution in [0.4, 0.5) is 17.6 Å². The Labute approximate surface area is 189 Å². The van der Waals surface area contributed by atoms with E-state index < -0.39 is 34.7 Å². The first-order valence-electron chi connectivity index (χ1n) is 9.66. The summed E-state index contributed by atoms with van der Waals surface area (Å²) in [6.45, 7) is 1.61. The molecule has 1 aromatic heterocycles. The van der Waals surface area contributed by atoms with Gasteiger partial charge in [-0.3, -0.25) is 14.2 Å². The van der Waals surface area contributed by atoms with E-state index in [4.69, 9.17) is 0 Å². The lowest BCUT2D eigenvalue weighted by Gasteiger charge is -2.18. The summed E-state index contributed by atoms with van der Waals surface area (Å²) in [7, 11) is 0. The molecule has 4 rings (SSSR count). The van der Waals surface area contributed by atoms with Crippen LogP contribution in [0.2, 0.25) is 0 Å². The number of fused-ring (bicyclic) bond motifs is 1. The zero-order chi connectivity index (χ0) is 23.0. The number of aryl methyl sites for hydroxylation is 1. The largest absolute Gasteiger partial charge is 0.416 e. The number of thioether (sulfide) groups is 2. The van der Waals surface area contributed by atoms with Crippen molar-refractivity contribution in [2.75, 3.05) is 5.75 Å². The first-order valence-corrected chi connectivity index (χ1v) is 11.5. The summed E-state index contributed by atoms with van der Waals surface area (Å²) < 4.78 is 56.2. The zero-order valence-electron chi connectivity index (χ0n) is 16.8. The molecule has 3 nitrogen and oxygen atoms in total. The Morgan fingerprint density at radius 1 is 1.12 bits per heavy atom. The van der Waals surface area contributed by atoms with Crippen molar-refractivity contribution >= 4 is 28.6 Å². The summed E-state index contributed by atoms with van der Waals surface area (Å²) >= 11 is 2.25. The highest BCUT2D eigenvalue weighted by molar-refractivity contribution is 8.13. The van der Waals surface area contributed by atoms with Crippen molar-refractivity contribution in [1.82, 2.24) is 4.57 Å². The normalized spacial score (nSPS) is 15.6. The molecule has 32 heavy (non-hydrogen) atoms. The van der Waals surface area contributed by atoms with Crippen molar-refractivity contribution in [3.8, 4) is 0 Å². The molecule has 0 saturated heterocycles. The third-order valence-electron chi connectivity index (χ3n) is 5.23. The van der Waals surface area contributed by atoms with Crippen molar-refractivity contribution < 1.29 is 22.4 Å². The fraction of sp³-hybridized carbons (Fsp3) is 0.217. The number of hydrogen-bond donors (Lipinski definition) is 0. The fourth-order valence-corrected chi connectivity index (χ4v) is 6.02. The number of carbonyl (C=O) groups excluding carboxylic acids is 1. The van der Waals surface area contributed by atoms with E-state index in [-0.39, 0.29) is 17.3 Å². The lowest BCUT2D eigenvalue weighted by Crippen LogP contribution is -2.28. The summed E-state index contributed by atoms with van der Waals surface area (Å²) in [4.78, 5) is 26.4. The quantitative estimate of drug-likeness (QED) is 0.347. The smallest absolute Gasteiger partial charge is 0.291 e. The van der Waals surface area contributed by atoms with Crippen LogP contribution in [0.25, 0.3) is 0 Å². The van der Waals surface area contributed by atoms with Gasteiger partial charge >= 0.3 is 6.18 Å². The van der Waals surface area contributed by atoms with Crippen LogP contribution in [0.5, 0.6) is 0 Å². The molecule has 0 N–H and O–H groups in total. The van der Waals surface area contributed by atoms with Gasteiger partial charge in [0.15, 0.2) is 0 Å². The Bertz CT molecular complexity index is 1240. The van der Waals surface area contributed by atoms with Crippen molar-refractivity contribution in [2.45, 2.75) is 35.5 Å². The van der Waals surface area contributed by atoms with Crippen LogP contribution >= 0.6 is 23.5 Å². The Balaban J connectivity index is 1.74. The lowest BCUT2D eigenvalue weighted by atomic mass is 9.97. The predicted octanol–water partition coefficient (Wildman–Crippen LogP) is 5.87. The van der Waals surface area contributed by atoms with E-state index in [1.165, 1.54) is 22.4 Å². The fourth-order valence-electron chi connectivity index (χ4n) is 3.68. The average molecular weight is 480 g/mol. The summed E-state index contributed by atoms with van der Waals surface area (Å²) in [5, 5.41) is 0.180. The highest BCUT2D eigenvalue weighted by Crippen LogP contribution is 2.41. The van der Waals surface area contributed by atoms with Gasteiger partial charge in [-0.05, 0) is 54.1 Å². The number of nitrogens with zero attached hydrogens (tertiary/aromatic N) is 1. The SMILES string of the molecule is Cc1cc(=O)n2c(c1Cc1c(F)cccc1C(F)(F)F)SCC2C(=O)Sc1ccccc1. The monoisotopic (exact) mass is 479 g/mol. The van der Waals surface area contributed by atoms with Gasteiger partial charge in [0.25, 0.3) is 5.56 Å². The van der Waals surface area contributed by atoms with E-state index in [1.807, 2.05) is 6.07 Å². The molecule has 0 aliphatic carbocycles. The van der Waals surface area contributed by atoms with Gasteiger partial charge in [0.2, 0.25) is 5.12 Å². The van der Waals surface area contributed by atoms with E-state index in [0.717, 1.165) is 34.9 Å². The molecule has 2 aromatic carbocycles. The second-order valence-corrected chi connectivity index (χ2v) is 9.41. The molecule has 0 spiro atoms. The summed E-state index contributed by atoms with van der Waals surface area (Å²) in [5.74, 6) is -0.673. The number of alkyl halides is 3. The minimum absolute atomic E-state index is 0.235. The number of aromatic nitrogens is 1. The molecule has 0 saturated carbocycles. The van der Waals surface area contributed by atoms with Gasteiger partial charge in [-0.1, -0.05) is 24.3 Å². The minimum Gasteiger partial charge on any atom is -0.291 e. The van der Waals surface area contributed by atoms with Crippen LogP contribution in [0, 0.1) is 12.7 Å². The number of halogens is 4. The molecular formula is C23H17F4NO2S2. The van der Waals surface area contributed by atoms with Crippen LogP contribution < -0.4 is 5.56 Å². The molecule has 9 heteroatoms. The highest BCUT2D eigenvalue weighted by Gasteiger charge is 2.36. The molecular weight excluding hydrogens is 462 g/mol. The molecule has 0 radical (unpaired) electrons. The zero-order valence-corrected chi connectivity index (χ0v) is 18.4. The van der Waals surface area contributed by atoms with E-state index in [2.05, 4.69) is 0 Å². The van der Waals surface area contributed by atoms with Crippen molar-refractivity contribution in [1.29, 1.82) is 0 Å². The Morgan fingerprint density at radius 2 is 1.84 bits per heavy atom. The van der Waals surface area contributed by atoms with Crippen LogP contribution in [0.1, 0.15) is 28.3 Å². The Hall–Kier alpha value is -2.52. The number of benzene rings is 2. The third kappa shape index (κ3) is 4.36. The lowest BCUT2D eigenvalue weighted by molar-refractivity contribution is -0.138. The molecule has 166 valence electrons. The van der Waals surface area contributed by atoms with Gasteiger partial charge in [0, 0.05) is 28.7 Å². The van der Waals surface area contributed by atoms with Crippen molar-refractivity contribution in [2.24, 2.45) is 0 Å². The van der Waals surface area contributed by atoms with E-state index >= 15 is 0 Å². The standard InChI is InChI=1S/C23H17F4NO2S2/c1-13-10-20(29)28-19(22(30)32-14-6-3-2-4-7-14)12-31-21(28)15(13)11-16-17(23(25,26)27)8-5-9-18(16)24/h2-10,19H,11-12H2,1H3. The van der Waals surface area contributed by atoms with Gasteiger partial charge in [-0.15, -0.1) is 11.8 Å². The third-order valence-corrected chi connectivity index (χ3v) is 7.41. The molecule has 1 aliphatic heterocycles. The van der Waals surface area contributed by atoms with Crippen LogP contribution in [0.15, 0.2) is 69.3 Å². The second kappa shape index (κ2) is 8.78. The maximum Gasteiger partial charge on any atom is 0.416 e. The predicted molar refractivity (Wildman–Crippen MR) is 117 cm³/mol. The summed E-state index contributed by atoms with van der Waals surface area (Å²) in [5.41, 5.74) is -1.03. The molecule has 0 fully saturated rings. The average Bonchev–Trinajstić information content (AvgIpc) is 3.18. The second-order valence-electron chi connectivity index (χ2n) is 7.32. The maximum absolute atomic E-state index is 14.4. The first-order chi connectivity index (χ1) is 15.2. The topological polar surface area (TPSA) is 39.1 Å². The number of rotatable bonds is 4. The molecule has 3 aromatic rings. The van der Waals surface area contributed by atoms with Crippen LogP contribution in [-0.4, -0.2) is 15.4 Å². The Kier molecular flexibility index (Phi) is 6.22. The van der Waals surface area contributed by atoms with Crippen LogP contribution in [-0.2, 0) is 17.4 Å². The van der Waals surface area contributed by atoms with Gasteiger partial charge in [-0.2, -0.15) is 13.2 Å². The molecule has 1 atom stereocenters. The van der Waals surface area contributed by atoms with E-state index in [1.54, 1.807) is 31.2 Å². The molecule has 2 heterocycles. The maximum atomic E-state index is 14.4. The van der Waals surface area contributed by atoms with Gasteiger partial charge in [-0.25, -0.2) is 4.39 Å². The molecule has 1 unspecified atom stereocenters. The number of pyridine rings is 1. The van der Waals surface area contributed by atoms with Crippen LogP contribution in [0.3, 0.4) is 0 Å². The minimum atomic E-state index is -4.71. The first kappa shape index (κ1) is 22.7. The Morgan fingerprint density at radius 3 is 2.53 bits per heavy atom. The van der Waals surface area contributed by atoms with E-state index in [0.29, 0.717) is 16.2 Å². The van der Waals surface area contributed by atoms with Gasteiger partial charge < -0.3 is 0 Å². The number of hydrogen-bond acceptors (Lipinski definition) is 4. The molecule has 0 amide bonds. The van der Waals surface area contributed by atoms with Crippen molar-refractivity contribution in [3.05, 3.63) is 93.0 Å². The van der Waals surface area contributed by atoms with Crippen molar-refractivity contribution in [3.63, 3.8) is 0 Å². The summed E-state index contributed by atoms with van der Waals surface area (Å²) in [6.07, 6.45) is -5.04. The molecule has 1 aliphatic rings. The highest BCUT2D eigenvalue weighted by atomic mass is 32.2. The summed E-state index contributed by atoms with van der Waals surface area (Å²) in [6, 6.07) is 12.4. The molecule has 0 bridgehead atoms. The van der Waals surface area contributed by atoms with Gasteiger partial charge in [0.1, 0.15) is 11.9 Å². The van der Waals surface area contributed by atoms with Gasteiger partial charge in [0.05, 0.1) is 10.6 Å². The number of carbonyl (C=O) groups is 1.